The van der Waals surface area contributed by atoms with E-state index in [4.69, 9.17) is 17.3 Å². The molecule has 1 aromatic carbocycles. The molecule has 138 valence electrons. The number of fused-ring (bicyclic) bond motifs is 1. The van der Waals surface area contributed by atoms with Crippen molar-refractivity contribution in [2.45, 2.75) is 26.1 Å². The summed E-state index contributed by atoms with van der Waals surface area (Å²) in [5.74, 6) is 0.776. The Morgan fingerprint density at radius 1 is 1.30 bits per heavy atom. The second-order valence-electron chi connectivity index (χ2n) is 6.64. The van der Waals surface area contributed by atoms with Crippen molar-refractivity contribution < 1.29 is 4.92 Å². The molecular formula is C18H18N6O2S. The Balaban J connectivity index is 1.68. The average Bonchev–Trinajstić information content (AvgIpc) is 3.13. The van der Waals surface area contributed by atoms with Gasteiger partial charge in [-0.05, 0) is 49.3 Å². The van der Waals surface area contributed by atoms with E-state index in [1.807, 2.05) is 29.8 Å². The Labute approximate surface area is 160 Å². The third-order valence-corrected chi connectivity index (χ3v) is 5.38. The predicted molar refractivity (Wildman–Crippen MR) is 104 cm³/mol. The van der Waals surface area contributed by atoms with Crippen LogP contribution in [-0.2, 0) is 20.1 Å². The van der Waals surface area contributed by atoms with E-state index in [9.17, 15) is 10.1 Å². The summed E-state index contributed by atoms with van der Waals surface area (Å²) in [6, 6.07) is 9.02. The first-order valence-corrected chi connectivity index (χ1v) is 8.94. The number of pyridine rings is 1. The van der Waals surface area contributed by atoms with E-state index in [0.717, 1.165) is 29.1 Å². The van der Waals surface area contributed by atoms with Crippen LogP contribution >= 0.6 is 12.2 Å². The van der Waals surface area contributed by atoms with Gasteiger partial charge >= 0.3 is 0 Å². The first-order chi connectivity index (χ1) is 13.0. The first-order valence-electron chi connectivity index (χ1n) is 8.54. The van der Waals surface area contributed by atoms with Crippen molar-refractivity contribution in [1.29, 1.82) is 0 Å². The van der Waals surface area contributed by atoms with Gasteiger partial charge in [-0.3, -0.25) is 15.1 Å². The number of nitro groups is 1. The van der Waals surface area contributed by atoms with Gasteiger partial charge in [0.05, 0.1) is 4.92 Å². The van der Waals surface area contributed by atoms with Crippen molar-refractivity contribution in [3.8, 4) is 11.4 Å². The van der Waals surface area contributed by atoms with Crippen LogP contribution in [0.5, 0.6) is 0 Å². The van der Waals surface area contributed by atoms with Crippen molar-refractivity contribution in [2.24, 2.45) is 7.05 Å². The van der Waals surface area contributed by atoms with Crippen LogP contribution in [0.25, 0.3) is 11.4 Å². The molecule has 0 fully saturated rings. The summed E-state index contributed by atoms with van der Waals surface area (Å²) in [6.45, 7) is 2.59. The zero-order chi connectivity index (χ0) is 19.1. The lowest BCUT2D eigenvalue weighted by Gasteiger charge is -2.24. The minimum Gasteiger partial charge on any atom is -0.349 e. The van der Waals surface area contributed by atoms with Crippen molar-refractivity contribution in [2.75, 3.05) is 4.90 Å². The number of rotatable bonds is 4. The topological polar surface area (TPSA) is 82.0 Å². The minimum atomic E-state index is -0.358. The molecule has 0 saturated carbocycles. The molecule has 8 nitrogen and oxygen atoms in total. The van der Waals surface area contributed by atoms with Crippen LogP contribution in [0.4, 0.5) is 11.4 Å². The van der Waals surface area contributed by atoms with Crippen LogP contribution in [-0.4, -0.2) is 30.3 Å². The Bertz CT molecular complexity index is 1080. The highest BCUT2D eigenvalue weighted by atomic mass is 32.1. The molecule has 3 aromatic rings. The Kier molecular flexibility index (Phi) is 4.23. The normalized spacial score (nSPS) is 15.8. The molecule has 1 atom stereocenters. The van der Waals surface area contributed by atoms with Crippen LogP contribution in [0.2, 0.25) is 0 Å². The molecular weight excluding hydrogens is 364 g/mol. The molecule has 0 saturated heterocycles. The largest absolute Gasteiger partial charge is 0.349 e. The summed E-state index contributed by atoms with van der Waals surface area (Å²) >= 11 is 5.57. The maximum Gasteiger partial charge on any atom is 0.269 e. The zero-order valence-electron chi connectivity index (χ0n) is 14.9. The number of anilines is 1. The first kappa shape index (κ1) is 17.3. The van der Waals surface area contributed by atoms with Crippen LogP contribution in [0, 0.1) is 14.9 Å². The molecule has 4 rings (SSSR count). The monoisotopic (exact) mass is 382 g/mol. The number of nitro benzene ring substituents is 1. The van der Waals surface area contributed by atoms with E-state index in [-0.39, 0.29) is 16.7 Å². The molecule has 2 aromatic heterocycles. The van der Waals surface area contributed by atoms with Gasteiger partial charge in [0.2, 0.25) is 0 Å². The molecule has 27 heavy (non-hydrogen) atoms. The number of benzene rings is 1. The van der Waals surface area contributed by atoms with Crippen LogP contribution < -0.4 is 4.90 Å². The summed E-state index contributed by atoms with van der Waals surface area (Å²) in [5.41, 5.74) is 3.04. The average molecular weight is 382 g/mol. The van der Waals surface area contributed by atoms with Crippen molar-refractivity contribution in [3.63, 3.8) is 0 Å². The van der Waals surface area contributed by atoms with Gasteiger partial charge < -0.3 is 9.47 Å². The van der Waals surface area contributed by atoms with E-state index >= 15 is 0 Å². The van der Waals surface area contributed by atoms with Crippen molar-refractivity contribution in [3.05, 3.63) is 63.2 Å². The van der Waals surface area contributed by atoms with Gasteiger partial charge in [-0.1, -0.05) is 0 Å². The SMILES string of the molecule is C[C@@H]1Cc2cc([N+](=O)[O-])ccc2N1Cn1nc(-c2ccncc2)n(C)c1=S. The van der Waals surface area contributed by atoms with Crippen molar-refractivity contribution in [1.82, 2.24) is 19.3 Å². The predicted octanol–water partition coefficient (Wildman–Crippen LogP) is 3.33. The van der Waals surface area contributed by atoms with Gasteiger partial charge in [0, 0.05) is 48.9 Å². The molecule has 0 bridgehead atoms. The van der Waals surface area contributed by atoms with Gasteiger partial charge in [-0.25, -0.2) is 4.68 Å². The van der Waals surface area contributed by atoms with Gasteiger partial charge in [0.25, 0.3) is 5.69 Å². The van der Waals surface area contributed by atoms with Gasteiger partial charge in [0.1, 0.15) is 6.67 Å². The van der Waals surface area contributed by atoms with Gasteiger partial charge in [-0.15, -0.1) is 5.10 Å². The van der Waals surface area contributed by atoms with Crippen LogP contribution in [0.3, 0.4) is 0 Å². The number of hydrogen-bond acceptors (Lipinski definition) is 6. The zero-order valence-corrected chi connectivity index (χ0v) is 15.8. The highest BCUT2D eigenvalue weighted by Gasteiger charge is 2.28. The molecule has 0 N–H and O–H groups in total. The molecule has 0 spiro atoms. The quantitative estimate of drug-likeness (QED) is 0.391. The van der Waals surface area contributed by atoms with E-state index < -0.39 is 0 Å². The van der Waals surface area contributed by atoms with E-state index in [2.05, 4.69) is 16.8 Å². The lowest BCUT2D eigenvalue weighted by Crippen LogP contribution is -2.32. The molecule has 0 unspecified atom stereocenters. The smallest absolute Gasteiger partial charge is 0.269 e. The third-order valence-electron chi connectivity index (χ3n) is 4.90. The maximum atomic E-state index is 11.0. The standard InChI is InChI=1S/C18H18N6O2S/c1-12-9-14-10-15(24(25)26)3-4-16(14)22(12)11-23-18(27)21(2)17(20-23)13-5-7-19-8-6-13/h3-8,10,12H,9,11H2,1-2H3/t12-/m1/s1. The van der Waals surface area contributed by atoms with Crippen LogP contribution in [0.15, 0.2) is 42.7 Å². The number of aromatic nitrogens is 4. The molecule has 0 amide bonds. The molecule has 1 aliphatic rings. The fourth-order valence-corrected chi connectivity index (χ4v) is 3.67. The molecule has 3 heterocycles. The summed E-state index contributed by atoms with van der Waals surface area (Å²) < 4.78 is 4.28. The second kappa shape index (κ2) is 6.58. The lowest BCUT2D eigenvalue weighted by molar-refractivity contribution is -0.384. The van der Waals surface area contributed by atoms with E-state index in [1.54, 1.807) is 29.2 Å². The fraction of sp³-hybridized carbons (Fsp3) is 0.278. The highest BCUT2D eigenvalue weighted by Crippen LogP contribution is 2.35. The molecule has 9 heteroatoms. The molecule has 0 radical (unpaired) electrons. The number of non-ortho nitro benzene ring substituents is 1. The fourth-order valence-electron chi connectivity index (χ4n) is 3.49. The molecule has 0 aliphatic carbocycles. The minimum absolute atomic E-state index is 0.122. The van der Waals surface area contributed by atoms with E-state index in [1.165, 1.54) is 0 Å². The second-order valence-corrected chi connectivity index (χ2v) is 7.00. The van der Waals surface area contributed by atoms with Crippen molar-refractivity contribution >= 4 is 23.6 Å². The third kappa shape index (κ3) is 2.99. The van der Waals surface area contributed by atoms with Gasteiger partial charge in [-0.2, -0.15) is 0 Å². The number of hydrogen-bond donors (Lipinski definition) is 0. The maximum absolute atomic E-state index is 11.0. The summed E-state index contributed by atoms with van der Waals surface area (Å²) in [5, 5.41) is 15.7. The Morgan fingerprint density at radius 3 is 2.74 bits per heavy atom. The number of nitrogens with zero attached hydrogens (tertiary/aromatic N) is 6. The summed E-state index contributed by atoms with van der Waals surface area (Å²) in [7, 11) is 1.90. The summed E-state index contributed by atoms with van der Waals surface area (Å²) in [6.07, 6.45) is 4.21. The highest BCUT2D eigenvalue weighted by molar-refractivity contribution is 7.71. The Morgan fingerprint density at radius 2 is 2.04 bits per heavy atom. The lowest BCUT2D eigenvalue weighted by atomic mass is 10.1. The Hall–Kier alpha value is -3.07. The summed E-state index contributed by atoms with van der Waals surface area (Å²) in [4.78, 5) is 16.9. The van der Waals surface area contributed by atoms with Crippen LogP contribution in [0.1, 0.15) is 12.5 Å². The van der Waals surface area contributed by atoms with E-state index in [0.29, 0.717) is 11.4 Å². The molecule has 1 aliphatic heterocycles. The van der Waals surface area contributed by atoms with Gasteiger partial charge in [0.15, 0.2) is 10.6 Å².